The van der Waals surface area contributed by atoms with Crippen molar-refractivity contribution in [2.24, 2.45) is 0 Å². The Balaban J connectivity index is 0.000000179. The van der Waals surface area contributed by atoms with Crippen molar-refractivity contribution >= 4 is 90.8 Å². The fourth-order valence-electron chi connectivity index (χ4n) is 8.80. The van der Waals surface area contributed by atoms with Gasteiger partial charge in [0.25, 0.3) is 0 Å². The van der Waals surface area contributed by atoms with Crippen LogP contribution in [0.2, 0.25) is 0 Å². The molecule has 12 aromatic rings. The van der Waals surface area contributed by atoms with Crippen molar-refractivity contribution in [1.82, 2.24) is 0 Å². The summed E-state index contributed by atoms with van der Waals surface area (Å²) in [5.74, 6) is 0. The summed E-state index contributed by atoms with van der Waals surface area (Å²) in [5, 5.41) is 19.4. The quantitative estimate of drug-likeness (QED) is 0.0888. The summed E-state index contributed by atoms with van der Waals surface area (Å²) in [7, 11) is -0.986. The molecule has 0 saturated carbocycles. The van der Waals surface area contributed by atoms with Crippen LogP contribution in [0.5, 0.6) is 0 Å². The first-order valence-electron chi connectivity index (χ1n) is 22.8. The number of hydrogen-bond acceptors (Lipinski definition) is 0. The molecule has 0 aliphatic heterocycles. The molecule has 0 bridgehead atoms. The SMILES string of the molecule is Cc1ccc(C)c2[cH-]ccc12.Cc1ccc(C)c2[cH-]ccc12.[F-].[F-].[Ti+2].[Ti+2].c1ccc(P(c2ccccc2)c2cc3ccccc3[cH-]2)cc1.c1ccc(P(c2ccccc2)c2cc3ccccc3[cH-]2)cc1. The Morgan fingerprint density at radius 1 is 0.314 bits per heavy atom. The number of benzene rings is 8. The Morgan fingerprint density at radius 2 is 0.600 bits per heavy atom. The molecule has 0 saturated heterocycles. The predicted octanol–water partition coefficient (Wildman–Crippen LogP) is 8.99. The maximum Gasteiger partial charge on any atom is 2.00 e. The zero-order chi connectivity index (χ0) is 45.2. The summed E-state index contributed by atoms with van der Waals surface area (Å²) in [4.78, 5) is 0. The monoisotopic (exact) mass is 1020 g/mol. The van der Waals surface area contributed by atoms with Crippen molar-refractivity contribution in [3.8, 4) is 0 Å². The zero-order valence-corrected chi connectivity index (χ0v) is 44.8. The van der Waals surface area contributed by atoms with Crippen molar-refractivity contribution in [1.29, 1.82) is 0 Å². The van der Waals surface area contributed by atoms with Gasteiger partial charge in [-0.2, -0.15) is 36.4 Å². The molecule has 0 unspecified atom stereocenters. The van der Waals surface area contributed by atoms with Gasteiger partial charge in [-0.25, -0.2) is 0 Å². The van der Waals surface area contributed by atoms with E-state index in [-0.39, 0.29) is 52.8 Å². The van der Waals surface area contributed by atoms with Gasteiger partial charge in [-0.1, -0.05) is 171 Å². The van der Waals surface area contributed by atoms with Crippen LogP contribution in [0.15, 0.2) is 255 Å². The van der Waals surface area contributed by atoms with Crippen molar-refractivity contribution < 1.29 is 52.8 Å². The fraction of sp³-hybridized carbons (Fsp3) is 0.0625. The van der Waals surface area contributed by atoms with E-state index in [1.807, 2.05) is 0 Å². The van der Waals surface area contributed by atoms with E-state index in [0.717, 1.165) is 0 Å². The Morgan fingerprint density at radius 3 is 0.900 bits per heavy atom. The summed E-state index contributed by atoms with van der Waals surface area (Å²) in [5.41, 5.74) is 5.48. The van der Waals surface area contributed by atoms with E-state index in [2.05, 4.69) is 282 Å². The first kappa shape index (κ1) is 55.3. The van der Waals surface area contributed by atoms with Crippen LogP contribution in [0.25, 0.3) is 43.1 Å². The Labute approximate surface area is 444 Å². The topological polar surface area (TPSA) is 0 Å². The van der Waals surface area contributed by atoms with Crippen LogP contribution in [0.4, 0.5) is 0 Å². The van der Waals surface area contributed by atoms with E-state index in [1.54, 1.807) is 0 Å². The average molecular weight is 1020 g/mol. The van der Waals surface area contributed by atoms with E-state index in [4.69, 9.17) is 0 Å². The van der Waals surface area contributed by atoms with Crippen LogP contribution in [-0.2, 0) is 43.4 Å². The van der Waals surface area contributed by atoms with Crippen molar-refractivity contribution in [2.75, 3.05) is 0 Å². The van der Waals surface area contributed by atoms with E-state index in [1.165, 1.54) is 97.2 Å². The van der Waals surface area contributed by atoms with Gasteiger partial charge in [0.1, 0.15) is 0 Å². The molecule has 0 heterocycles. The molecule has 12 aromatic carbocycles. The molecule has 0 aliphatic rings. The van der Waals surface area contributed by atoms with Crippen LogP contribution in [0, 0.1) is 27.7 Å². The normalized spacial score (nSPS) is 10.4. The Kier molecular flexibility index (Phi) is 20.9. The molecule has 6 heteroatoms. The van der Waals surface area contributed by atoms with Crippen molar-refractivity contribution in [3.05, 3.63) is 277 Å². The van der Waals surface area contributed by atoms with Gasteiger partial charge < -0.3 is 9.41 Å². The molecule has 0 aliphatic carbocycles. The smallest absolute Gasteiger partial charge is 1.00 e. The molecule has 0 atom stereocenters. The molecule has 0 aromatic heterocycles. The minimum Gasteiger partial charge on any atom is -1.00 e. The first-order valence-corrected chi connectivity index (χ1v) is 25.4. The van der Waals surface area contributed by atoms with Crippen molar-refractivity contribution in [2.45, 2.75) is 27.7 Å². The maximum atomic E-state index is 2.35. The Hall–Kier alpha value is -5.65. The van der Waals surface area contributed by atoms with Crippen LogP contribution in [0.1, 0.15) is 22.3 Å². The average Bonchev–Trinajstić information content (AvgIpc) is 4.21. The number of fused-ring (bicyclic) bond motifs is 4. The summed E-state index contributed by atoms with van der Waals surface area (Å²) in [6.45, 7) is 8.62. The molecule has 0 nitrogen and oxygen atoms in total. The Bertz CT molecular complexity index is 2980. The summed E-state index contributed by atoms with van der Waals surface area (Å²) < 4.78 is 0. The molecule has 0 radical (unpaired) electrons. The second-order valence-corrected chi connectivity index (χ2v) is 21.2. The van der Waals surface area contributed by atoms with E-state index in [0.29, 0.717) is 0 Å². The second kappa shape index (κ2) is 26.5. The van der Waals surface area contributed by atoms with Gasteiger partial charge in [-0.05, 0) is 50.9 Å². The van der Waals surface area contributed by atoms with Gasteiger partial charge in [0.15, 0.2) is 0 Å². The van der Waals surface area contributed by atoms with Gasteiger partial charge >= 0.3 is 43.4 Å². The van der Waals surface area contributed by atoms with Crippen LogP contribution >= 0.6 is 15.8 Å². The molecule has 0 amide bonds. The van der Waals surface area contributed by atoms with Gasteiger partial charge in [0.05, 0.1) is 0 Å². The molecule has 12 rings (SSSR count). The zero-order valence-electron chi connectivity index (χ0n) is 39.9. The molecule has 0 fully saturated rings. The van der Waals surface area contributed by atoms with E-state index < -0.39 is 15.8 Å². The minimum atomic E-state index is -0.493. The van der Waals surface area contributed by atoms with E-state index >= 15 is 0 Å². The van der Waals surface area contributed by atoms with Gasteiger partial charge in [-0.3, -0.25) is 0 Å². The number of rotatable bonds is 6. The molecular formula is C64H54F2P2Ti2-2. The number of halogens is 2. The third kappa shape index (κ3) is 13.0. The third-order valence-electron chi connectivity index (χ3n) is 12.3. The molecule has 70 heavy (non-hydrogen) atoms. The fourth-order valence-corrected chi connectivity index (χ4v) is 13.5. The van der Waals surface area contributed by atoms with Crippen LogP contribution < -0.4 is 41.2 Å². The maximum absolute atomic E-state index is 2.35. The summed E-state index contributed by atoms with van der Waals surface area (Å²) >= 11 is 0. The van der Waals surface area contributed by atoms with Gasteiger partial charge in [0.2, 0.25) is 0 Å². The standard InChI is InChI=1S/2C21H16P.2C11H11.2FH.2Ti/c2*1-3-11-19(12-4-1)22(20-13-5-2-6-14-20)21-15-17-9-7-8-10-18(17)16-21;2*1-8-6-7-9(2)11-5-3-4-10(8)11;;;;/h2*1-16H;2*3-7H,1-2H3;2*1H;;/q4*-1;;;2*+2/p-2. The second-order valence-electron chi connectivity index (χ2n) is 16.8. The van der Waals surface area contributed by atoms with Crippen LogP contribution in [-0.4, -0.2) is 0 Å². The summed E-state index contributed by atoms with van der Waals surface area (Å²) in [6, 6.07) is 91.7. The molecule has 0 N–H and O–H groups in total. The molecule has 0 spiro atoms. The number of hydrogen-bond donors (Lipinski definition) is 0. The van der Waals surface area contributed by atoms with Crippen molar-refractivity contribution in [3.63, 3.8) is 0 Å². The predicted molar refractivity (Wildman–Crippen MR) is 295 cm³/mol. The van der Waals surface area contributed by atoms with Crippen LogP contribution in [0.3, 0.4) is 0 Å². The first-order chi connectivity index (χ1) is 32.4. The minimum absolute atomic E-state index is 0. The third-order valence-corrected chi connectivity index (χ3v) is 17.1. The molecule has 344 valence electrons. The molecular weight excluding hydrogens is 964 g/mol. The number of aryl methyl sites for hydroxylation is 4. The summed E-state index contributed by atoms with van der Waals surface area (Å²) in [6.07, 6.45) is 0. The van der Waals surface area contributed by atoms with Gasteiger partial charge in [-0.15, -0.1) is 138 Å². The van der Waals surface area contributed by atoms with Gasteiger partial charge in [0, 0.05) is 0 Å². The largest absolute Gasteiger partial charge is 2.00 e. The van der Waals surface area contributed by atoms with E-state index in [9.17, 15) is 0 Å².